The number of carbonyl (C=O) groups is 2. The Morgan fingerprint density at radius 1 is 1.35 bits per heavy atom. The van der Waals surface area contributed by atoms with Crippen LogP contribution in [-0.2, 0) is 17.6 Å². The molecule has 1 atom stereocenters. The van der Waals surface area contributed by atoms with Gasteiger partial charge in [-0.15, -0.1) is 0 Å². The van der Waals surface area contributed by atoms with Crippen molar-refractivity contribution in [3.63, 3.8) is 0 Å². The first kappa shape index (κ1) is 14.6. The molecule has 1 amide bonds. The van der Waals surface area contributed by atoms with Gasteiger partial charge < -0.3 is 10.1 Å². The Hall–Kier alpha value is -1.84. The standard InChI is InChI=1S/C16H21NO3/c1-16(2,3)20-15(19)17-14-7-6-12-5-4-11(10-18)8-13(12)9-14/h4-5,8,10,14H,6-7,9H2,1-3H3,(H,17,19)/t14-/m1/s1. The summed E-state index contributed by atoms with van der Waals surface area (Å²) in [6.07, 6.45) is 3.03. The van der Waals surface area contributed by atoms with Crippen molar-refractivity contribution in [2.24, 2.45) is 0 Å². The molecule has 0 saturated heterocycles. The van der Waals surface area contributed by atoms with Crippen molar-refractivity contribution in [1.29, 1.82) is 0 Å². The number of ether oxygens (including phenoxy) is 1. The maximum Gasteiger partial charge on any atom is 0.407 e. The number of carbonyl (C=O) groups excluding carboxylic acids is 2. The van der Waals surface area contributed by atoms with E-state index in [1.807, 2.05) is 39.0 Å². The van der Waals surface area contributed by atoms with Crippen molar-refractivity contribution < 1.29 is 14.3 Å². The molecule has 0 aromatic heterocycles. The van der Waals surface area contributed by atoms with Crippen LogP contribution < -0.4 is 5.32 Å². The van der Waals surface area contributed by atoms with Crippen molar-refractivity contribution in [3.8, 4) is 0 Å². The normalized spacial score (nSPS) is 18.1. The minimum absolute atomic E-state index is 0.0688. The summed E-state index contributed by atoms with van der Waals surface area (Å²) in [6, 6.07) is 5.82. The molecule has 2 rings (SSSR count). The highest BCUT2D eigenvalue weighted by Crippen LogP contribution is 2.22. The van der Waals surface area contributed by atoms with Crippen LogP contribution in [0.3, 0.4) is 0 Å². The van der Waals surface area contributed by atoms with Crippen LogP contribution in [0, 0.1) is 0 Å². The Morgan fingerprint density at radius 3 is 2.75 bits per heavy atom. The van der Waals surface area contributed by atoms with Gasteiger partial charge in [0.2, 0.25) is 0 Å². The number of aryl methyl sites for hydroxylation is 1. The Morgan fingerprint density at radius 2 is 2.10 bits per heavy atom. The van der Waals surface area contributed by atoms with E-state index in [-0.39, 0.29) is 12.1 Å². The molecule has 0 spiro atoms. The van der Waals surface area contributed by atoms with Gasteiger partial charge >= 0.3 is 6.09 Å². The summed E-state index contributed by atoms with van der Waals surface area (Å²) in [5.41, 5.74) is 2.60. The highest BCUT2D eigenvalue weighted by Gasteiger charge is 2.23. The van der Waals surface area contributed by atoms with Crippen LogP contribution in [-0.4, -0.2) is 24.0 Å². The number of nitrogens with one attached hydrogen (secondary N) is 1. The predicted octanol–water partition coefficient (Wildman–Crippen LogP) is 2.88. The van der Waals surface area contributed by atoms with E-state index in [0.717, 1.165) is 31.1 Å². The number of amides is 1. The fourth-order valence-corrected chi connectivity index (χ4v) is 2.45. The molecule has 4 nitrogen and oxygen atoms in total. The third-order valence-electron chi connectivity index (χ3n) is 3.32. The summed E-state index contributed by atoms with van der Waals surface area (Å²) in [4.78, 5) is 22.6. The molecule has 0 radical (unpaired) electrons. The smallest absolute Gasteiger partial charge is 0.407 e. The van der Waals surface area contributed by atoms with Gasteiger partial charge in [0.1, 0.15) is 11.9 Å². The summed E-state index contributed by atoms with van der Waals surface area (Å²) < 4.78 is 5.27. The molecule has 108 valence electrons. The Labute approximate surface area is 119 Å². The molecular weight excluding hydrogens is 254 g/mol. The molecule has 1 aromatic rings. The largest absolute Gasteiger partial charge is 0.444 e. The Balaban J connectivity index is 2.00. The van der Waals surface area contributed by atoms with Gasteiger partial charge in [0.25, 0.3) is 0 Å². The third-order valence-corrected chi connectivity index (χ3v) is 3.32. The lowest BCUT2D eigenvalue weighted by molar-refractivity contribution is 0.0500. The van der Waals surface area contributed by atoms with Crippen LogP contribution in [0.4, 0.5) is 4.79 Å². The van der Waals surface area contributed by atoms with E-state index in [9.17, 15) is 9.59 Å². The zero-order valence-electron chi connectivity index (χ0n) is 12.2. The average Bonchev–Trinajstić information content (AvgIpc) is 2.35. The van der Waals surface area contributed by atoms with Crippen molar-refractivity contribution in [1.82, 2.24) is 5.32 Å². The predicted molar refractivity (Wildman–Crippen MR) is 77.0 cm³/mol. The van der Waals surface area contributed by atoms with Crippen LogP contribution in [0.1, 0.15) is 48.7 Å². The molecule has 1 aromatic carbocycles. The van der Waals surface area contributed by atoms with Crippen molar-refractivity contribution in [3.05, 3.63) is 34.9 Å². The van der Waals surface area contributed by atoms with Gasteiger partial charge in [-0.05, 0) is 57.2 Å². The SMILES string of the molecule is CC(C)(C)OC(=O)N[C@@H]1CCc2ccc(C=O)cc2C1. The minimum atomic E-state index is -0.485. The van der Waals surface area contributed by atoms with Gasteiger partial charge in [-0.3, -0.25) is 4.79 Å². The highest BCUT2D eigenvalue weighted by atomic mass is 16.6. The lowest BCUT2D eigenvalue weighted by Gasteiger charge is -2.27. The van der Waals surface area contributed by atoms with Crippen LogP contribution >= 0.6 is 0 Å². The summed E-state index contributed by atoms with van der Waals surface area (Å²) in [6.45, 7) is 5.54. The molecule has 0 aliphatic heterocycles. The van der Waals surface area contributed by atoms with Gasteiger partial charge in [0.05, 0.1) is 0 Å². The number of fused-ring (bicyclic) bond motifs is 1. The first-order chi connectivity index (χ1) is 9.37. The fraction of sp³-hybridized carbons (Fsp3) is 0.500. The third kappa shape index (κ3) is 3.83. The molecule has 0 saturated carbocycles. The molecule has 0 unspecified atom stereocenters. The molecule has 1 aliphatic rings. The number of alkyl carbamates (subject to hydrolysis) is 1. The number of hydrogen-bond donors (Lipinski definition) is 1. The second-order valence-electron chi connectivity index (χ2n) is 6.23. The van der Waals surface area contributed by atoms with Crippen molar-refractivity contribution in [2.75, 3.05) is 0 Å². The minimum Gasteiger partial charge on any atom is -0.444 e. The second-order valence-corrected chi connectivity index (χ2v) is 6.23. The number of rotatable bonds is 2. The number of benzene rings is 1. The van der Waals surface area contributed by atoms with E-state index in [1.54, 1.807) is 0 Å². The van der Waals surface area contributed by atoms with Gasteiger partial charge in [0.15, 0.2) is 0 Å². The zero-order valence-corrected chi connectivity index (χ0v) is 12.2. The van der Waals surface area contributed by atoms with E-state index >= 15 is 0 Å². The molecular formula is C16H21NO3. The molecule has 0 fully saturated rings. The number of hydrogen-bond acceptors (Lipinski definition) is 3. The van der Waals surface area contributed by atoms with E-state index in [4.69, 9.17) is 4.74 Å². The van der Waals surface area contributed by atoms with Crippen LogP contribution in [0.2, 0.25) is 0 Å². The molecule has 4 heteroatoms. The van der Waals surface area contributed by atoms with E-state index in [0.29, 0.717) is 5.56 Å². The van der Waals surface area contributed by atoms with Gasteiger partial charge in [-0.1, -0.05) is 12.1 Å². The first-order valence-electron chi connectivity index (χ1n) is 6.94. The van der Waals surface area contributed by atoms with Gasteiger partial charge in [-0.2, -0.15) is 0 Å². The molecule has 0 bridgehead atoms. The first-order valence-corrected chi connectivity index (χ1v) is 6.94. The summed E-state index contributed by atoms with van der Waals surface area (Å²) in [5.74, 6) is 0. The maximum absolute atomic E-state index is 11.8. The van der Waals surface area contributed by atoms with Crippen molar-refractivity contribution >= 4 is 12.4 Å². The molecule has 20 heavy (non-hydrogen) atoms. The van der Waals surface area contributed by atoms with Crippen molar-refractivity contribution in [2.45, 2.75) is 51.7 Å². The average molecular weight is 275 g/mol. The van der Waals surface area contributed by atoms with E-state index in [2.05, 4.69) is 5.32 Å². The lowest BCUT2D eigenvalue weighted by atomic mass is 9.87. The summed E-state index contributed by atoms with van der Waals surface area (Å²) >= 11 is 0. The highest BCUT2D eigenvalue weighted by molar-refractivity contribution is 5.75. The molecule has 1 N–H and O–H groups in total. The topological polar surface area (TPSA) is 55.4 Å². The van der Waals surface area contributed by atoms with E-state index in [1.165, 1.54) is 5.56 Å². The van der Waals surface area contributed by atoms with Crippen LogP contribution in [0.25, 0.3) is 0 Å². The molecule has 1 aliphatic carbocycles. The number of aldehydes is 1. The maximum atomic E-state index is 11.8. The van der Waals surface area contributed by atoms with Crippen LogP contribution in [0.15, 0.2) is 18.2 Å². The van der Waals surface area contributed by atoms with Crippen LogP contribution in [0.5, 0.6) is 0 Å². The van der Waals surface area contributed by atoms with Gasteiger partial charge in [0, 0.05) is 11.6 Å². The molecule has 0 heterocycles. The Kier molecular flexibility index (Phi) is 4.12. The fourth-order valence-electron chi connectivity index (χ4n) is 2.45. The Bertz CT molecular complexity index is 517. The zero-order chi connectivity index (χ0) is 14.8. The summed E-state index contributed by atoms with van der Waals surface area (Å²) in [7, 11) is 0. The summed E-state index contributed by atoms with van der Waals surface area (Å²) in [5, 5.41) is 2.90. The van der Waals surface area contributed by atoms with E-state index < -0.39 is 5.60 Å². The quantitative estimate of drug-likeness (QED) is 0.844. The second kappa shape index (κ2) is 5.65. The lowest BCUT2D eigenvalue weighted by Crippen LogP contribution is -2.41. The van der Waals surface area contributed by atoms with Gasteiger partial charge in [-0.25, -0.2) is 4.79 Å². The monoisotopic (exact) mass is 275 g/mol.